The monoisotopic (exact) mass is 637 g/mol. The van der Waals surface area contributed by atoms with Gasteiger partial charge in [0, 0.05) is 12.8 Å². The smallest absolute Gasteiger partial charge is 0.306 e. The second-order valence-electron chi connectivity index (χ2n) is 12.8. The highest BCUT2D eigenvalue weighted by atomic mass is 17.1. The van der Waals surface area contributed by atoms with Crippen LogP contribution in [0.5, 0.6) is 0 Å². The first-order chi connectivity index (χ1) is 22.1. The van der Waals surface area contributed by atoms with Crippen molar-refractivity contribution < 1.29 is 29.2 Å². The van der Waals surface area contributed by atoms with Gasteiger partial charge in [0.05, 0.1) is 0 Å². The molecule has 0 spiro atoms. The van der Waals surface area contributed by atoms with Crippen LogP contribution < -0.4 is 0 Å². The minimum atomic E-state index is -0.788. The highest BCUT2D eigenvalue weighted by Gasteiger charge is 2.17. The van der Waals surface area contributed by atoms with Crippen LogP contribution >= 0.6 is 0 Å². The first-order valence-corrected chi connectivity index (χ1v) is 19.0. The van der Waals surface area contributed by atoms with E-state index in [1.807, 2.05) is 0 Å². The van der Waals surface area contributed by atoms with Crippen LogP contribution in [0.4, 0.5) is 0 Å². The SMILES string of the molecule is CCCCCCCC/C=C\CCCCCCCC(=O)OC[C@H](COO)OC(=O)CCCCCCC/C=C\CCCCCCCC. The molecule has 1 atom stereocenters. The molecule has 45 heavy (non-hydrogen) atoms. The number of hydrogen-bond donors (Lipinski definition) is 1. The molecule has 0 aliphatic heterocycles. The fraction of sp³-hybridized carbons (Fsp3) is 0.846. The third-order valence-electron chi connectivity index (χ3n) is 8.27. The van der Waals surface area contributed by atoms with Gasteiger partial charge in [0.25, 0.3) is 0 Å². The average Bonchev–Trinajstić information content (AvgIpc) is 3.03. The molecular formula is C39H72O6. The van der Waals surface area contributed by atoms with E-state index >= 15 is 0 Å². The molecule has 0 unspecified atom stereocenters. The minimum Gasteiger partial charge on any atom is -0.462 e. The van der Waals surface area contributed by atoms with E-state index < -0.39 is 6.10 Å². The molecule has 264 valence electrons. The quantitative estimate of drug-likeness (QED) is 0.0245. The van der Waals surface area contributed by atoms with Gasteiger partial charge in [-0.05, 0) is 64.2 Å². The zero-order valence-corrected chi connectivity index (χ0v) is 29.6. The topological polar surface area (TPSA) is 82.1 Å². The third-order valence-corrected chi connectivity index (χ3v) is 8.27. The molecule has 0 rings (SSSR count). The maximum atomic E-state index is 12.2. The van der Waals surface area contributed by atoms with Crippen molar-refractivity contribution in [1.29, 1.82) is 0 Å². The third kappa shape index (κ3) is 35.0. The second-order valence-corrected chi connectivity index (χ2v) is 12.8. The predicted molar refractivity (Wildman–Crippen MR) is 188 cm³/mol. The lowest BCUT2D eigenvalue weighted by Crippen LogP contribution is -2.29. The summed E-state index contributed by atoms with van der Waals surface area (Å²) in [4.78, 5) is 28.5. The van der Waals surface area contributed by atoms with Gasteiger partial charge in [-0.2, -0.15) is 0 Å². The van der Waals surface area contributed by atoms with Crippen molar-refractivity contribution in [3.8, 4) is 0 Å². The van der Waals surface area contributed by atoms with Crippen molar-refractivity contribution in [2.24, 2.45) is 0 Å². The van der Waals surface area contributed by atoms with Crippen molar-refractivity contribution in [2.45, 2.75) is 200 Å². The van der Waals surface area contributed by atoms with E-state index in [2.05, 4.69) is 43.0 Å². The van der Waals surface area contributed by atoms with Gasteiger partial charge < -0.3 is 9.47 Å². The van der Waals surface area contributed by atoms with Crippen LogP contribution in [-0.2, 0) is 24.0 Å². The Morgan fingerprint density at radius 3 is 1.24 bits per heavy atom. The number of hydrogen-bond acceptors (Lipinski definition) is 6. The van der Waals surface area contributed by atoms with Crippen LogP contribution in [0.2, 0.25) is 0 Å². The van der Waals surface area contributed by atoms with Gasteiger partial charge in [-0.15, -0.1) is 0 Å². The molecule has 0 bridgehead atoms. The highest BCUT2D eigenvalue weighted by Crippen LogP contribution is 2.13. The Morgan fingerprint density at radius 2 is 0.844 bits per heavy atom. The summed E-state index contributed by atoms with van der Waals surface area (Å²) in [6.07, 6.45) is 40.6. The minimum absolute atomic E-state index is 0.0947. The number of carbonyl (C=O) groups is 2. The number of rotatable bonds is 35. The Labute approximate surface area is 278 Å². The second kappa shape index (κ2) is 36.8. The van der Waals surface area contributed by atoms with E-state index in [0.717, 1.165) is 51.4 Å². The summed E-state index contributed by atoms with van der Waals surface area (Å²) in [5.41, 5.74) is 0. The van der Waals surface area contributed by atoms with E-state index in [0.29, 0.717) is 12.8 Å². The summed E-state index contributed by atoms with van der Waals surface area (Å²) in [6, 6.07) is 0. The molecule has 0 heterocycles. The summed E-state index contributed by atoms with van der Waals surface area (Å²) in [5.74, 6) is -0.646. The van der Waals surface area contributed by atoms with Gasteiger partial charge in [0.2, 0.25) is 0 Å². The molecule has 0 saturated heterocycles. The summed E-state index contributed by atoms with van der Waals surface area (Å²) in [6.45, 7) is 4.21. The largest absolute Gasteiger partial charge is 0.462 e. The van der Waals surface area contributed by atoms with E-state index in [-0.39, 0.29) is 25.2 Å². The molecule has 6 nitrogen and oxygen atoms in total. The molecule has 0 aromatic rings. The van der Waals surface area contributed by atoms with E-state index in [9.17, 15) is 9.59 Å². The fourth-order valence-electron chi connectivity index (χ4n) is 5.38. The van der Waals surface area contributed by atoms with Crippen molar-refractivity contribution in [1.82, 2.24) is 0 Å². The van der Waals surface area contributed by atoms with Crippen molar-refractivity contribution in [3.05, 3.63) is 24.3 Å². The van der Waals surface area contributed by atoms with E-state index in [4.69, 9.17) is 14.7 Å². The Morgan fingerprint density at radius 1 is 0.489 bits per heavy atom. The van der Waals surface area contributed by atoms with Crippen molar-refractivity contribution >= 4 is 11.9 Å². The van der Waals surface area contributed by atoms with Crippen LogP contribution in [0.3, 0.4) is 0 Å². The maximum Gasteiger partial charge on any atom is 0.306 e. The molecule has 0 aliphatic rings. The van der Waals surface area contributed by atoms with Gasteiger partial charge in [0.15, 0.2) is 6.10 Å². The molecule has 0 amide bonds. The number of ether oxygens (including phenoxy) is 2. The van der Waals surface area contributed by atoms with Crippen LogP contribution in [0.1, 0.15) is 194 Å². The molecule has 0 fully saturated rings. The molecule has 0 aliphatic carbocycles. The highest BCUT2D eigenvalue weighted by molar-refractivity contribution is 5.70. The summed E-state index contributed by atoms with van der Waals surface area (Å²) >= 11 is 0. The van der Waals surface area contributed by atoms with Crippen LogP contribution in [0, 0.1) is 0 Å². The maximum absolute atomic E-state index is 12.2. The molecule has 0 aromatic heterocycles. The molecule has 6 heteroatoms. The lowest BCUT2D eigenvalue weighted by atomic mass is 10.1. The van der Waals surface area contributed by atoms with Gasteiger partial charge in [-0.3, -0.25) is 14.8 Å². The number of unbranched alkanes of at least 4 members (excludes halogenated alkanes) is 22. The van der Waals surface area contributed by atoms with Crippen LogP contribution in [0.15, 0.2) is 24.3 Å². The first kappa shape index (κ1) is 43.3. The van der Waals surface area contributed by atoms with Crippen LogP contribution in [-0.4, -0.2) is 36.5 Å². The number of esters is 2. The Bertz CT molecular complexity index is 689. The molecule has 0 saturated carbocycles. The Kier molecular flexibility index (Phi) is 35.4. The standard InChI is InChI=1S/C39H72O6/c1-3-5-7-9-11-13-15-17-19-21-23-25-27-29-31-33-38(40)43-35-37(36-44-42)45-39(41)34-32-30-28-26-24-22-20-18-16-14-12-10-8-6-4-2/h17-20,37,42H,3-16,21-36H2,1-2H3/b19-17-,20-18-/t37-/m1/s1. The van der Waals surface area contributed by atoms with Crippen molar-refractivity contribution in [2.75, 3.05) is 13.2 Å². The summed E-state index contributed by atoms with van der Waals surface area (Å²) in [7, 11) is 0. The zero-order valence-electron chi connectivity index (χ0n) is 29.6. The number of allylic oxidation sites excluding steroid dienone is 4. The molecular weight excluding hydrogens is 564 g/mol. The number of carbonyl (C=O) groups excluding carboxylic acids is 2. The van der Waals surface area contributed by atoms with Gasteiger partial charge in [0.1, 0.15) is 13.2 Å². The molecule has 0 aromatic carbocycles. The van der Waals surface area contributed by atoms with Gasteiger partial charge >= 0.3 is 11.9 Å². The van der Waals surface area contributed by atoms with Crippen molar-refractivity contribution in [3.63, 3.8) is 0 Å². The summed E-state index contributed by atoms with van der Waals surface area (Å²) < 4.78 is 10.7. The van der Waals surface area contributed by atoms with E-state index in [1.54, 1.807) is 0 Å². The Balaban J connectivity index is 3.68. The first-order valence-electron chi connectivity index (χ1n) is 19.0. The van der Waals surface area contributed by atoms with Crippen LogP contribution in [0.25, 0.3) is 0 Å². The zero-order chi connectivity index (χ0) is 32.9. The molecule has 0 radical (unpaired) electrons. The fourth-order valence-corrected chi connectivity index (χ4v) is 5.38. The summed E-state index contributed by atoms with van der Waals surface area (Å²) in [5, 5.41) is 8.84. The predicted octanol–water partition coefficient (Wildman–Crippen LogP) is 12.0. The Hall–Kier alpha value is -1.66. The lowest BCUT2D eigenvalue weighted by molar-refractivity contribution is -0.261. The van der Waals surface area contributed by atoms with E-state index in [1.165, 1.54) is 116 Å². The molecule has 1 N–H and O–H groups in total. The van der Waals surface area contributed by atoms with Gasteiger partial charge in [-0.1, -0.05) is 141 Å². The average molecular weight is 637 g/mol. The van der Waals surface area contributed by atoms with Gasteiger partial charge in [-0.25, -0.2) is 4.89 Å². The normalized spacial score (nSPS) is 12.3. The lowest BCUT2D eigenvalue weighted by Gasteiger charge is -2.16.